The third-order valence-electron chi connectivity index (χ3n) is 3.73. The Balaban J connectivity index is 1.91. The van der Waals surface area contributed by atoms with Crippen LogP contribution in [0.25, 0.3) is 0 Å². The van der Waals surface area contributed by atoms with Crippen LogP contribution in [0.15, 0.2) is 39.9 Å². The number of ether oxygens (including phenoxy) is 1. The molecule has 0 N–H and O–H groups in total. The number of halogens is 1. The Hall–Kier alpha value is -2.67. The number of benzene rings is 1. The van der Waals surface area contributed by atoms with Crippen LogP contribution in [0.3, 0.4) is 0 Å². The van der Waals surface area contributed by atoms with Crippen LogP contribution < -0.4 is 11.2 Å². The van der Waals surface area contributed by atoms with Crippen LogP contribution in [0.2, 0.25) is 5.02 Å². The highest BCUT2D eigenvalue weighted by Crippen LogP contribution is 2.12. The van der Waals surface area contributed by atoms with Gasteiger partial charge in [0.05, 0.1) is 12.1 Å². The summed E-state index contributed by atoms with van der Waals surface area (Å²) in [4.78, 5) is 47.2. The maximum absolute atomic E-state index is 12.0. The Morgan fingerprint density at radius 3 is 2.32 bits per heavy atom. The number of rotatable bonds is 6. The minimum absolute atomic E-state index is 0.00402. The van der Waals surface area contributed by atoms with Gasteiger partial charge in [0.15, 0.2) is 5.78 Å². The van der Waals surface area contributed by atoms with Gasteiger partial charge in [0.25, 0.3) is 5.56 Å². The normalized spacial score (nSPS) is 10.5. The monoisotopic (exact) mass is 364 g/mol. The Bertz CT molecular complexity index is 912. The van der Waals surface area contributed by atoms with Crippen LogP contribution in [0, 0.1) is 0 Å². The molecule has 0 amide bonds. The second-order valence-electron chi connectivity index (χ2n) is 5.47. The highest BCUT2D eigenvalue weighted by molar-refractivity contribution is 6.30. The standard InChI is InChI=1S/C17H17ClN2O5/c1-19-13(9-15(22)20(2)17(19)24)10-25-16(23)8-7-14(21)11-3-5-12(18)6-4-11/h3-6,9H,7-8,10H2,1-2H3. The van der Waals surface area contributed by atoms with Gasteiger partial charge in [-0.2, -0.15) is 0 Å². The van der Waals surface area contributed by atoms with Crippen molar-refractivity contribution in [3.05, 3.63) is 67.4 Å². The van der Waals surface area contributed by atoms with Gasteiger partial charge in [-0.1, -0.05) is 11.6 Å². The fourth-order valence-corrected chi connectivity index (χ4v) is 2.27. The number of hydrogen-bond donors (Lipinski definition) is 0. The average Bonchev–Trinajstić information content (AvgIpc) is 2.60. The van der Waals surface area contributed by atoms with E-state index in [1.54, 1.807) is 24.3 Å². The minimum Gasteiger partial charge on any atom is -0.459 e. The number of carbonyl (C=O) groups excluding carboxylic acids is 2. The molecular weight excluding hydrogens is 348 g/mol. The van der Waals surface area contributed by atoms with Gasteiger partial charge < -0.3 is 4.74 Å². The average molecular weight is 365 g/mol. The summed E-state index contributed by atoms with van der Waals surface area (Å²) in [5.74, 6) is -0.787. The largest absolute Gasteiger partial charge is 0.459 e. The summed E-state index contributed by atoms with van der Waals surface area (Å²) in [6.07, 6.45) is -0.101. The first-order valence-electron chi connectivity index (χ1n) is 7.50. The molecule has 0 atom stereocenters. The number of esters is 1. The fraction of sp³-hybridized carbons (Fsp3) is 0.294. The number of ketones is 1. The van der Waals surface area contributed by atoms with E-state index in [-0.39, 0.29) is 30.9 Å². The lowest BCUT2D eigenvalue weighted by molar-refractivity contribution is -0.145. The molecule has 132 valence electrons. The molecule has 0 saturated carbocycles. The molecule has 0 fully saturated rings. The Kier molecular flexibility index (Phi) is 5.93. The third-order valence-corrected chi connectivity index (χ3v) is 3.98. The SMILES string of the molecule is Cn1c(COC(=O)CCC(=O)c2ccc(Cl)cc2)cc(=O)n(C)c1=O. The molecule has 25 heavy (non-hydrogen) atoms. The third kappa shape index (κ3) is 4.67. The number of nitrogens with zero attached hydrogens (tertiary/aromatic N) is 2. The van der Waals surface area contributed by atoms with Gasteiger partial charge in [0, 0.05) is 37.2 Å². The minimum atomic E-state index is -0.588. The van der Waals surface area contributed by atoms with Gasteiger partial charge in [-0.05, 0) is 24.3 Å². The fourth-order valence-electron chi connectivity index (χ4n) is 2.14. The van der Waals surface area contributed by atoms with Crippen LogP contribution in [0.5, 0.6) is 0 Å². The van der Waals surface area contributed by atoms with E-state index < -0.39 is 17.2 Å². The molecule has 0 saturated heterocycles. The summed E-state index contributed by atoms with van der Waals surface area (Å²) in [6, 6.07) is 7.61. The van der Waals surface area contributed by atoms with Gasteiger partial charge in [-0.25, -0.2) is 4.79 Å². The van der Waals surface area contributed by atoms with Crippen molar-refractivity contribution < 1.29 is 14.3 Å². The quantitative estimate of drug-likeness (QED) is 0.571. The van der Waals surface area contributed by atoms with Gasteiger partial charge in [-0.3, -0.25) is 23.5 Å². The van der Waals surface area contributed by atoms with E-state index in [1.807, 2.05) is 0 Å². The number of aromatic nitrogens is 2. The first-order chi connectivity index (χ1) is 11.8. The van der Waals surface area contributed by atoms with Gasteiger partial charge in [-0.15, -0.1) is 0 Å². The maximum Gasteiger partial charge on any atom is 0.330 e. The van der Waals surface area contributed by atoms with Crippen molar-refractivity contribution in [2.75, 3.05) is 0 Å². The number of carbonyl (C=O) groups is 2. The first kappa shape index (κ1) is 18.7. The lowest BCUT2D eigenvalue weighted by Crippen LogP contribution is -2.38. The van der Waals surface area contributed by atoms with Gasteiger partial charge in [0.2, 0.25) is 0 Å². The zero-order valence-corrected chi connectivity index (χ0v) is 14.6. The predicted octanol–water partition coefficient (Wildman–Crippen LogP) is 1.44. The second-order valence-corrected chi connectivity index (χ2v) is 5.90. The van der Waals surface area contributed by atoms with Crippen molar-refractivity contribution >= 4 is 23.4 Å². The van der Waals surface area contributed by atoms with Crippen molar-refractivity contribution in [1.29, 1.82) is 0 Å². The molecule has 7 nitrogen and oxygen atoms in total. The molecule has 1 aromatic carbocycles. The predicted molar refractivity (Wildman–Crippen MR) is 91.7 cm³/mol. The summed E-state index contributed by atoms with van der Waals surface area (Å²) in [5.41, 5.74) is -0.236. The molecule has 1 aromatic heterocycles. The molecule has 1 heterocycles. The van der Waals surface area contributed by atoms with E-state index in [9.17, 15) is 19.2 Å². The molecular formula is C17H17ClN2O5. The lowest BCUT2D eigenvalue weighted by atomic mass is 10.1. The molecule has 2 rings (SSSR count). The molecule has 0 spiro atoms. The lowest BCUT2D eigenvalue weighted by Gasteiger charge is -2.10. The van der Waals surface area contributed by atoms with Crippen molar-refractivity contribution in [3.63, 3.8) is 0 Å². The van der Waals surface area contributed by atoms with Gasteiger partial charge in [0.1, 0.15) is 6.61 Å². The summed E-state index contributed by atoms with van der Waals surface area (Å²) in [7, 11) is 2.85. The van der Waals surface area contributed by atoms with Crippen molar-refractivity contribution in [2.45, 2.75) is 19.4 Å². The molecule has 2 aromatic rings. The Morgan fingerprint density at radius 2 is 1.68 bits per heavy atom. The Labute approximate surface area is 148 Å². The summed E-state index contributed by atoms with van der Waals surface area (Å²) < 4.78 is 7.23. The van der Waals surface area contributed by atoms with Crippen molar-refractivity contribution in [2.24, 2.45) is 14.1 Å². The summed E-state index contributed by atoms with van der Waals surface area (Å²) >= 11 is 5.75. The van der Waals surface area contributed by atoms with Crippen molar-refractivity contribution in [1.82, 2.24) is 9.13 Å². The van der Waals surface area contributed by atoms with Crippen LogP contribution in [0.1, 0.15) is 28.9 Å². The molecule has 0 radical (unpaired) electrons. The van der Waals surface area contributed by atoms with E-state index in [0.29, 0.717) is 10.6 Å². The molecule has 8 heteroatoms. The van der Waals surface area contributed by atoms with Gasteiger partial charge >= 0.3 is 11.7 Å². The van der Waals surface area contributed by atoms with E-state index in [0.717, 1.165) is 4.57 Å². The summed E-state index contributed by atoms with van der Waals surface area (Å²) in [5, 5.41) is 0.524. The van der Waals surface area contributed by atoms with Crippen molar-refractivity contribution in [3.8, 4) is 0 Å². The Morgan fingerprint density at radius 1 is 1.04 bits per heavy atom. The zero-order valence-electron chi connectivity index (χ0n) is 13.8. The van der Waals surface area contributed by atoms with Crippen LogP contribution >= 0.6 is 11.6 Å². The molecule has 0 aliphatic rings. The number of hydrogen-bond acceptors (Lipinski definition) is 5. The zero-order chi connectivity index (χ0) is 18.6. The highest BCUT2D eigenvalue weighted by atomic mass is 35.5. The molecule has 0 aliphatic carbocycles. The smallest absolute Gasteiger partial charge is 0.330 e. The molecule has 0 bridgehead atoms. The second kappa shape index (κ2) is 7.94. The van der Waals surface area contributed by atoms with Crippen LogP contribution in [-0.2, 0) is 30.2 Å². The van der Waals surface area contributed by atoms with E-state index in [2.05, 4.69) is 0 Å². The van der Waals surface area contributed by atoms with Crippen LogP contribution in [-0.4, -0.2) is 20.9 Å². The number of Topliss-reactive ketones (excluding diaryl/α,β-unsaturated/α-hetero) is 1. The van der Waals surface area contributed by atoms with Crippen LogP contribution in [0.4, 0.5) is 0 Å². The summed E-state index contributed by atoms with van der Waals surface area (Å²) in [6.45, 7) is -0.213. The molecule has 0 unspecified atom stereocenters. The van der Waals surface area contributed by atoms with E-state index in [1.165, 1.54) is 24.7 Å². The van der Waals surface area contributed by atoms with E-state index in [4.69, 9.17) is 16.3 Å². The molecule has 0 aliphatic heterocycles. The maximum atomic E-state index is 12.0. The highest BCUT2D eigenvalue weighted by Gasteiger charge is 2.12. The first-order valence-corrected chi connectivity index (χ1v) is 7.87. The topological polar surface area (TPSA) is 87.4 Å². The van der Waals surface area contributed by atoms with E-state index >= 15 is 0 Å².